The van der Waals surface area contributed by atoms with Gasteiger partial charge in [-0.25, -0.2) is 0 Å². The molecular formula is C15H28N2OS. The first-order valence-corrected chi connectivity index (χ1v) is 8.90. The van der Waals surface area contributed by atoms with Crippen LogP contribution in [0.4, 0.5) is 0 Å². The van der Waals surface area contributed by atoms with E-state index in [9.17, 15) is 4.79 Å². The van der Waals surface area contributed by atoms with Crippen LogP contribution in [0.2, 0.25) is 0 Å². The van der Waals surface area contributed by atoms with E-state index in [1.165, 1.54) is 18.6 Å². The van der Waals surface area contributed by atoms with E-state index in [1.54, 1.807) is 0 Å². The lowest BCUT2D eigenvalue weighted by Gasteiger charge is -2.26. The Bertz CT molecular complexity index is 305. The van der Waals surface area contributed by atoms with Crippen molar-refractivity contribution in [2.24, 2.45) is 5.92 Å². The lowest BCUT2D eigenvalue weighted by molar-refractivity contribution is -0.130. The van der Waals surface area contributed by atoms with Crippen molar-refractivity contribution in [3.05, 3.63) is 0 Å². The molecule has 4 heteroatoms. The highest BCUT2D eigenvalue weighted by molar-refractivity contribution is 8.00. The third-order valence-electron chi connectivity index (χ3n) is 4.50. The number of carbonyl (C=O) groups is 1. The lowest BCUT2D eigenvalue weighted by Crippen LogP contribution is -2.40. The zero-order valence-electron chi connectivity index (χ0n) is 12.5. The van der Waals surface area contributed by atoms with Gasteiger partial charge in [-0.2, -0.15) is 11.8 Å². The smallest absolute Gasteiger partial charge is 0.241 e. The van der Waals surface area contributed by atoms with Crippen molar-refractivity contribution < 1.29 is 4.79 Å². The minimum Gasteiger partial charge on any atom is -0.325 e. The minimum atomic E-state index is 0.0490. The molecule has 2 saturated heterocycles. The van der Waals surface area contributed by atoms with Gasteiger partial charge >= 0.3 is 0 Å². The Morgan fingerprint density at radius 2 is 2.26 bits per heavy atom. The van der Waals surface area contributed by atoms with Crippen molar-refractivity contribution in [1.29, 1.82) is 0 Å². The molecule has 0 bridgehead atoms. The van der Waals surface area contributed by atoms with E-state index in [0.717, 1.165) is 25.8 Å². The van der Waals surface area contributed by atoms with Gasteiger partial charge in [-0.05, 0) is 30.9 Å². The van der Waals surface area contributed by atoms with Gasteiger partial charge in [0, 0.05) is 11.8 Å². The number of carbonyl (C=O) groups excluding carboxylic acids is 1. The maximum atomic E-state index is 12.6. The van der Waals surface area contributed by atoms with E-state index in [1.807, 2.05) is 11.8 Å². The number of thioether (sulfide) groups is 1. The Kier molecular flexibility index (Phi) is 5.58. The molecule has 2 heterocycles. The second kappa shape index (κ2) is 6.98. The summed E-state index contributed by atoms with van der Waals surface area (Å²) in [5, 5.41) is 4.25. The van der Waals surface area contributed by atoms with Crippen LogP contribution in [-0.4, -0.2) is 40.6 Å². The van der Waals surface area contributed by atoms with E-state index in [2.05, 4.69) is 31.0 Å². The Balaban J connectivity index is 2.01. The summed E-state index contributed by atoms with van der Waals surface area (Å²) in [6.07, 6.45) is 6.15. The van der Waals surface area contributed by atoms with Gasteiger partial charge in [0.2, 0.25) is 5.91 Å². The number of rotatable bonds is 6. The summed E-state index contributed by atoms with van der Waals surface area (Å²) in [6, 6.07) is 0.0490. The highest BCUT2D eigenvalue weighted by Gasteiger charge is 2.41. The molecule has 110 valence electrons. The molecule has 2 aliphatic heterocycles. The van der Waals surface area contributed by atoms with Gasteiger partial charge in [-0.3, -0.25) is 10.1 Å². The van der Waals surface area contributed by atoms with Crippen LogP contribution in [0.1, 0.15) is 52.9 Å². The van der Waals surface area contributed by atoms with Crippen molar-refractivity contribution in [3.63, 3.8) is 0 Å². The van der Waals surface area contributed by atoms with Crippen LogP contribution in [0.25, 0.3) is 0 Å². The summed E-state index contributed by atoms with van der Waals surface area (Å²) in [5.74, 6) is 2.06. The molecule has 0 saturated carbocycles. The summed E-state index contributed by atoms with van der Waals surface area (Å²) >= 11 is 2.05. The Morgan fingerprint density at radius 3 is 2.84 bits per heavy atom. The average molecular weight is 284 g/mol. The summed E-state index contributed by atoms with van der Waals surface area (Å²) in [5.41, 5.74) is 0. The molecule has 0 radical (unpaired) electrons. The Hall–Kier alpha value is -0.220. The summed E-state index contributed by atoms with van der Waals surface area (Å²) in [7, 11) is 0. The first-order chi connectivity index (χ1) is 9.17. The molecule has 0 aliphatic carbocycles. The molecule has 3 nitrogen and oxygen atoms in total. The van der Waals surface area contributed by atoms with Gasteiger partial charge in [0.1, 0.15) is 0 Å². The molecule has 2 rings (SSSR count). The standard InChI is InChI=1S/C15H28N2OS/c1-4-7-13-16-14(11(3)5-2)15(18)17(13)10-12-8-6-9-19-12/h11-14,16H,4-10H2,1-3H3. The van der Waals surface area contributed by atoms with E-state index in [4.69, 9.17) is 0 Å². The van der Waals surface area contributed by atoms with Crippen LogP contribution in [-0.2, 0) is 4.79 Å². The van der Waals surface area contributed by atoms with Crippen molar-refractivity contribution >= 4 is 17.7 Å². The molecule has 1 N–H and O–H groups in total. The first-order valence-electron chi connectivity index (χ1n) is 7.85. The predicted molar refractivity (Wildman–Crippen MR) is 82.3 cm³/mol. The predicted octanol–water partition coefficient (Wildman–Crippen LogP) is 2.85. The van der Waals surface area contributed by atoms with Crippen LogP contribution in [0.15, 0.2) is 0 Å². The number of nitrogens with zero attached hydrogens (tertiary/aromatic N) is 1. The van der Waals surface area contributed by atoms with Gasteiger partial charge in [0.25, 0.3) is 0 Å². The molecule has 0 aromatic rings. The van der Waals surface area contributed by atoms with E-state index in [0.29, 0.717) is 17.1 Å². The molecular weight excluding hydrogens is 256 g/mol. The molecule has 19 heavy (non-hydrogen) atoms. The fraction of sp³-hybridized carbons (Fsp3) is 0.933. The molecule has 0 aromatic carbocycles. The fourth-order valence-corrected chi connectivity index (χ4v) is 4.35. The number of hydrogen-bond donors (Lipinski definition) is 1. The van der Waals surface area contributed by atoms with Gasteiger partial charge < -0.3 is 4.90 Å². The van der Waals surface area contributed by atoms with Gasteiger partial charge in [-0.15, -0.1) is 0 Å². The summed E-state index contributed by atoms with van der Waals surface area (Å²) in [6.45, 7) is 7.51. The zero-order chi connectivity index (χ0) is 13.8. The maximum absolute atomic E-state index is 12.6. The van der Waals surface area contributed by atoms with Crippen LogP contribution < -0.4 is 5.32 Å². The van der Waals surface area contributed by atoms with E-state index < -0.39 is 0 Å². The third-order valence-corrected chi connectivity index (χ3v) is 5.88. The van der Waals surface area contributed by atoms with Gasteiger partial charge in [-0.1, -0.05) is 33.6 Å². The summed E-state index contributed by atoms with van der Waals surface area (Å²) < 4.78 is 0. The molecule has 2 aliphatic rings. The number of hydrogen-bond acceptors (Lipinski definition) is 3. The Labute approximate surface area is 121 Å². The normalized spacial score (nSPS) is 33.1. The van der Waals surface area contributed by atoms with Gasteiger partial charge in [0.05, 0.1) is 12.2 Å². The highest BCUT2D eigenvalue weighted by Crippen LogP contribution is 2.30. The monoisotopic (exact) mass is 284 g/mol. The molecule has 2 fully saturated rings. The first kappa shape index (κ1) is 15.2. The topological polar surface area (TPSA) is 32.3 Å². The number of nitrogens with one attached hydrogen (secondary N) is 1. The molecule has 1 amide bonds. The second-order valence-corrected chi connectivity index (χ2v) is 7.37. The molecule has 0 aromatic heterocycles. The highest BCUT2D eigenvalue weighted by atomic mass is 32.2. The Morgan fingerprint density at radius 1 is 1.47 bits per heavy atom. The molecule has 4 atom stereocenters. The van der Waals surface area contributed by atoms with Crippen molar-refractivity contribution in [3.8, 4) is 0 Å². The van der Waals surface area contributed by atoms with Crippen LogP contribution in [0, 0.1) is 5.92 Å². The third kappa shape index (κ3) is 3.46. The van der Waals surface area contributed by atoms with Gasteiger partial charge in [0.15, 0.2) is 0 Å². The van der Waals surface area contributed by atoms with Crippen LogP contribution >= 0.6 is 11.8 Å². The maximum Gasteiger partial charge on any atom is 0.241 e. The average Bonchev–Trinajstić information content (AvgIpc) is 3.01. The fourth-order valence-electron chi connectivity index (χ4n) is 3.08. The van der Waals surface area contributed by atoms with Crippen molar-refractivity contribution in [2.45, 2.75) is 70.3 Å². The van der Waals surface area contributed by atoms with Crippen molar-refractivity contribution in [1.82, 2.24) is 10.2 Å². The molecule has 4 unspecified atom stereocenters. The SMILES string of the molecule is CCCC1NC(C(C)CC)C(=O)N1CC1CCCS1. The van der Waals surface area contributed by atoms with Crippen molar-refractivity contribution in [2.75, 3.05) is 12.3 Å². The quantitative estimate of drug-likeness (QED) is 0.814. The van der Waals surface area contributed by atoms with E-state index >= 15 is 0 Å². The zero-order valence-corrected chi connectivity index (χ0v) is 13.3. The second-order valence-electron chi connectivity index (χ2n) is 5.96. The lowest BCUT2D eigenvalue weighted by atomic mass is 9.99. The largest absolute Gasteiger partial charge is 0.325 e. The van der Waals surface area contributed by atoms with Crippen LogP contribution in [0.3, 0.4) is 0 Å². The summed E-state index contributed by atoms with van der Waals surface area (Å²) in [4.78, 5) is 14.8. The van der Waals surface area contributed by atoms with E-state index in [-0.39, 0.29) is 12.2 Å². The number of amides is 1. The molecule has 0 spiro atoms. The minimum absolute atomic E-state index is 0.0490. The van der Waals surface area contributed by atoms with Crippen LogP contribution in [0.5, 0.6) is 0 Å².